The number of hydrogen-bond donors (Lipinski definition) is 2. The number of carbonyl (C=O) groups excluding carboxylic acids is 1. The Bertz CT molecular complexity index is 1040. The summed E-state index contributed by atoms with van der Waals surface area (Å²) in [5.41, 5.74) is 4.86. The Labute approximate surface area is 173 Å². The molecule has 0 unspecified atom stereocenters. The minimum absolute atomic E-state index is 0.0736. The molecule has 0 aromatic heterocycles. The largest absolute Gasteiger partial charge is 0.481 e. The van der Waals surface area contributed by atoms with Crippen LogP contribution in [0.25, 0.3) is 11.1 Å². The monoisotopic (exact) mass is 405 g/mol. The first-order valence-corrected chi connectivity index (χ1v) is 9.61. The molecule has 0 saturated carbocycles. The second kappa shape index (κ2) is 8.37. The molecule has 152 valence electrons. The quantitative estimate of drug-likeness (QED) is 0.632. The van der Waals surface area contributed by atoms with Crippen LogP contribution in [0.4, 0.5) is 9.18 Å². The van der Waals surface area contributed by atoms with Crippen LogP contribution in [0, 0.1) is 5.82 Å². The Kier molecular flexibility index (Phi) is 5.48. The Morgan fingerprint density at radius 3 is 2.07 bits per heavy atom. The van der Waals surface area contributed by atoms with Crippen molar-refractivity contribution < 1.29 is 23.8 Å². The number of carboxylic acid groups (broad SMARTS) is 1. The Morgan fingerprint density at radius 1 is 0.933 bits per heavy atom. The fourth-order valence-electron chi connectivity index (χ4n) is 3.88. The molecule has 0 spiro atoms. The van der Waals surface area contributed by atoms with E-state index >= 15 is 0 Å². The minimum Gasteiger partial charge on any atom is -0.481 e. The maximum absolute atomic E-state index is 13.1. The molecule has 3 aromatic rings. The van der Waals surface area contributed by atoms with Gasteiger partial charge in [-0.05, 0) is 39.9 Å². The molecular weight excluding hydrogens is 385 g/mol. The standard InChI is InChI=1S/C24H20FNO4/c25-16-11-9-15(10-12-16)21(23(27)28)13-26-24(29)30-14-22-19-7-3-1-5-17(19)18-6-2-4-8-20(18)22/h1-12,21-22H,13-14H2,(H,26,29)(H,27,28)/t21-/m0/s1. The van der Waals surface area contributed by atoms with Gasteiger partial charge in [0.1, 0.15) is 12.4 Å². The van der Waals surface area contributed by atoms with E-state index in [9.17, 15) is 19.1 Å². The van der Waals surface area contributed by atoms with Crippen molar-refractivity contribution in [2.75, 3.05) is 13.2 Å². The average molecular weight is 405 g/mol. The number of rotatable bonds is 6. The molecule has 1 atom stereocenters. The molecule has 0 fully saturated rings. The number of amides is 1. The topological polar surface area (TPSA) is 75.6 Å². The highest BCUT2D eigenvalue weighted by molar-refractivity contribution is 5.79. The van der Waals surface area contributed by atoms with Gasteiger partial charge in [-0.15, -0.1) is 0 Å². The second-order valence-electron chi connectivity index (χ2n) is 7.15. The summed E-state index contributed by atoms with van der Waals surface area (Å²) in [5, 5.41) is 12.0. The van der Waals surface area contributed by atoms with E-state index in [1.165, 1.54) is 24.3 Å². The zero-order valence-electron chi connectivity index (χ0n) is 16.0. The molecule has 1 aliphatic rings. The fraction of sp³-hybridized carbons (Fsp3) is 0.167. The number of fused-ring (bicyclic) bond motifs is 3. The van der Waals surface area contributed by atoms with Gasteiger partial charge in [0.15, 0.2) is 0 Å². The van der Waals surface area contributed by atoms with Crippen LogP contribution in [0.3, 0.4) is 0 Å². The number of halogens is 1. The predicted molar refractivity (Wildman–Crippen MR) is 110 cm³/mol. The lowest BCUT2D eigenvalue weighted by molar-refractivity contribution is -0.138. The number of hydrogen-bond acceptors (Lipinski definition) is 3. The molecule has 6 heteroatoms. The lowest BCUT2D eigenvalue weighted by Crippen LogP contribution is -2.32. The van der Waals surface area contributed by atoms with Gasteiger partial charge in [-0.3, -0.25) is 4.79 Å². The summed E-state index contributed by atoms with van der Waals surface area (Å²) in [5.74, 6) is -2.63. The van der Waals surface area contributed by atoms with Gasteiger partial charge in [0.05, 0.1) is 5.92 Å². The maximum Gasteiger partial charge on any atom is 0.407 e. The van der Waals surface area contributed by atoms with Gasteiger partial charge >= 0.3 is 12.1 Å². The zero-order valence-corrected chi connectivity index (χ0v) is 16.0. The van der Waals surface area contributed by atoms with Gasteiger partial charge in [0.2, 0.25) is 0 Å². The smallest absolute Gasteiger partial charge is 0.407 e. The minimum atomic E-state index is -1.11. The first kappa shape index (κ1) is 19.6. The van der Waals surface area contributed by atoms with Crippen molar-refractivity contribution in [1.82, 2.24) is 5.32 Å². The lowest BCUT2D eigenvalue weighted by Gasteiger charge is -2.16. The van der Waals surface area contributed by atoms with Crippen molar-refractivity contribution in [3.05, 3.63) is 95.3 Å². The van der Waals surface area contributed by atoms with Crippen LogP contribution in [-0.2, 0) is 9.53 Å². The highest BCUT2D eigenvalue weighted by Gasteiger charge is 2.29. The summed E-state index contributed by atoms with van der Waals surface area (Å²) in [6.45, 7) is -0.00815. The van der Waals surface area contributed by atoms with Gasteiger partial charge in [-0.1, -0.05) is 60.7 Å². The molecule has 30 heavy (non-hydrogen) atoms. The third kappa shape index (κ3) is 3.89. The van der Waals surface area contributed by atoms with Crippen LogP contribution in [0.1, 0.15) is 28.5 Å². The number of ether oxygens (including phenoxy) is 1. The molecule has 2 N–H and O–H groups in total. The van der Waals surface area contributed by atoms with Crippen LogP contribution in [-0.4, -0.2) is 30.3 Å². The van der Waals surface area contributed by atoms with Gasteiger partial charge in [0, 0.05) is 12.5 Å². The zero-order chi connectivity index (χ0) is 21.1. The van der Waals surface area contributed by atoms with Crippen LogP contribution < -0.4 is 5.32 Å². The normalized spacial score (nSPS) is 13.2. The van der Waals surface area contributed by atoms with Crippen molar-refractivity contribution in [3.8, 4) is 11.1 Å². The van der Waals surface area contributed by atoms with Gasteiger partial charge in [-0.2, -0.15) is 0 Å². The number of aliphatic carboxylic acids is 1. The number of nitrogens with one attached hydrogen (secondary N) is 1. The Morgan fingerprint density at radius 2 is 1.50 bits per heavy atom. The molecule has 4 rings (SSSR count). The SMILES string of the molecule is O=C(NC[C@H](C(=O)O)c1ccc(F)cc1)OCC1c2ccccc2-c2ccccc21. The molecule has 1 aliphatic carbocycles. The van der Waals surface area contributed by atoms with Gasteiger partial charge in [0.25, 0.3) is 0 Å². The predicted octanol–water partition coefficient (Wildman–Crippen LogP) is 4.53. The highest BCUT2D eigenvalue weighted by atomic mass is 19.1. The third-order valence-corrected chi connectivity index (χ3v) is 5.36. The third-order valence-electron chi connectivity index (χ3n) is 5.36. The molecule has 0 aliphatic heterocycles. The molecule has 0 heterocycles. The Hall–Kier alpha value is -3.67. The Balaban J connectivity index is 1.40. The number of carbonyl (C=O) groups is 2. The van der Waals surface area contributed by atoms with E-state index in [4.69, 9.17) is 4.74 Å². The fourth-order valence-corrected chi connectivity index (χ4v) is 3.88. The van der Waals surface area contributed by atoms with Gasteiger partial charge in [-0.25, -0.2) is 9.18 Å². The van der Waals surface area contributed by atoms with Crippen molar-refractivity contribution in [2.24, 2.45) is 0 Å². The second-order valence-corrected chi connectivity index (χ2v) is 7.15. The summed E-state index contributed by atoms with van der Waals surface area (Å²) in [6, 6.07) is 21.2. The molecule has 5 nitrogen and oxygen atoms in total. The van der Waals surface area contributed by atoms with E-state index in [0.717, 1.165) is 22.3 Å². The molecule has 3 aromatic carbocycles. The van der Waals surface area contributed by atoms with E-state index in [2.05, 4.69) is 5.32 Å². The molecule has 0 saturated heterocycles. The summed E-state index contributed by atoms with van der Waals surface area (Å²) in [6.07, 6.45) is -0.690. The van der Waals surface area contributed by atoms with Crippen molar-refractivity contribution in [1.29, 1.82) is 0 Å². The van der Waals surface area contributed by atoms with Crippen molar-refractivity contribution >= 4 is 12.1 Å². The van der Waals surface area contributed by atoms with E-state index in [-0.39, 0.29) is 19.1 Å². The maximum atomic E-state index is 13.1. The highest BCUT2D eigenvalue weighted by Crippen LogP contribution is 2.44. The first-order valence-electron chi connectivity index (χ1n) is 9.61. The molecular formula is C24H20FNO4. The average Bonchev–Trinajstić information content (AvgIpc) is 3.07. The summed E-state index contributed by atoms with van der Waals surface area (Å²) < 4.78 is 18.5. The lowest BCUT2D eigenvalue weighted by atomic mass is 9.98. The van der Waals surface area contributed by atoms with E-state index in [0.29, 0.717) is 5.56 Å². The number of alkyl carbamates (subject to hydrolysis) is 1. The first-order chi connectivity index (χ1) is 14.5. The van der Waals surface area contributed by atoms with E-state index in [1.54, 1.807) is 0 Å². The van der Waals surface area contributed by atoms with E-state index < -0.39 is 23.8 Å². The van der Waals surface area contributed by atoms with Gasteiger partial charge < -0.3 is 15.2 Å². The summed E-state index contributed by atoms with van der Waals surface area (Å²) in [4.78, 5) is 23.8. The van der Waals surface area contributed by atoms with Crippen LogP contribution in [0.15, 0.2) is 72.8 Å². The van der Waals surface area contributed by atoms with Crippen molar-refractivity contribution in [2.45, 2.75) is 11.8 Å². The van der Waals surface area contributed by atoms with Crippen LogP contribution in [0.2, 0.25) is 0 Å². The number of benzene rings is 3. The number of carboxylic acids is 1. The van der Waals surface area contributed by atoms with Crippen LogP contribution >= 0.6 is 0 Å². The van der Waals surface area contributed by atoms with E-state index in [1.807, 2.05) is 48.5 Å². The molecule has 0 bridgehead atoms. The van der Waals surface area contributed by atoms with Crippen molar-refractivity contribution in [3.63, 3.8) is 0 Å². The van der Waals surface area contributed by atoms with Crippen LogP contribution in [0.5, 0.6) is 0 Å². The summed E-state index contributed by atoms with van der Waals surface area (Å²) >= 11 is 0. The molecule has 0 radical (unpaired) electrons. The summed E-state index contributed by atoms with van der Waals surface area (Å²) in [7, 11) is 0. The molecule has 1 amide bonds.